The number of ether oxygens (including phenoxy) is 1. The van der Waals surface area contributed by atoms with Gasteiger partial charge in [0.2, 0.25) is 0 Å². The second kappa shape index (κ2) is 7.18. The molecule has 2 heteroatoms. The van der Waals surface area contributed by atoms with Gasteiger partial charge in [0, 0.05) is 5.33 Å². The van der Waals surface area contributed by atoms with E-state index < -0.39 is 0 Å². The number of rotatable bonds is 6. The van der Waals surface area contributed by atoms with Crippen LogP contribution in [0.25, 0.3) is 0 Å². The van der Waals surface area contributed by atoms with Gasteiger partial charge in [0.1, 0.15) is 5.75 Å². The predicted molar refractivity (Wildman–Crippen MR) is 80.6 cm³/mol. The van der Waals surface area contributed by atoms with E-state index in [1.807, 2.05) is 0 Å². The summed E-state index contributed by atoms with van der Waals surface area (Å²) in [6, 6.07) is 8.53. The standard InChI is InChI=1S/C16H23BrO/c1-18-16-8-6-14(7-9-16)11-15(12-17)10-13-4-2-3-5-13/h6-9,13,15H,2-5,10-12H2,1H3. The summed E-state index contributed by atoms with van der Waals surface area (Å²) in [6.07, 6.45) is 8.37. The number of alkyl halides is 1. The van der Waals surface area contributed by atoms with Crippen molar-refractivity contribution < 1.29 is 4.74 Å². The summed E-state index contributed by atoms with van der Waals surface area (Å²) < 4.78 is 5.20. The van der Waals surface area contributed by atoms with Crippen LogP contribution in [0.15, 0.2) is 24.3 Å². The van der Waals surface area contributed by atoms with Gasteiger partial charge in [-0.3, -0.25) is 0 Å². The topological polar surface area (TPSA) is 9.23 Å². The van der Waals surface area contributed by atoms with Crippen molar-refractivity contribution in [2.45, 2.75) is 38.5 Å². The van der Waals surface area contributed by atoms with Gasteiger partial charge in [-0.05, 0) is 42.4 Å². The van der Waals surface area contributed by atoms with Crippen LogP contribution in [0.5, 0.6) is 5.75 Å². The Morgan fingerprint density at radius 2 is 1.89 bits per heavy atom. The molecule has 2 rings (SSSR count). The molecule has 1 aromatic rings. The highest BCUT2D eigenvalue weighted by Crippen LogP contribution is 2.32. The summed E-state index contributed by atoms with van der Waals surface area (Å²) >= 11 is 3.68. The van der Waals surface area contributed by atoms with E-state index in [1.165, 1.54) is 44.1 Å². The van der Waals surface area contributed by atoms with E-state index in [9.17, 15) is 0 Å². The van der Waals surface area contributed by atoms with Crippen LogP contribution >= 0.6 is 15.9 Å². The maximum Gasteiger partial charge on any atom is 0.118 e. The molecule has 0 radical (unpaired) electrons. The molecular weight excluding hydrogens is 288 g/mol. The molecule has 1 fully saturated rings. The Morgan fingerprint density at radius 1 is 1.22 bits per heavy atom. The van der Waals surface area contributed by atoms with Crippen LogP contribution in [-0.2, 0) is 6.42 Å². The van der Waals surface area contributed by atoms with Crippen LogP contribution in [0.4, 0.5) is 0 Å². The van der Waals surface area contributed by atoms with Crippen LogP contribution < -0.4 is 4.74 Å². The predicted octanol–water partition coefficient (Wildman–Crippen LogP) is 4.83. The van der Waals surface area contributed by atoms with Crippen molar-refractivity contribution in [2.75, 3.05) is 12.4 Å². The smallest absolute Gasteiger partial charge is 0.118 e. The van der Waals surface area contributed by atoms with E-state index >= 15 is 0 Å². The largest absolute Gasteiger partial charge is 0.497 e. The summed E-state index contributed by atoms with van der Waals surface area (Å²) in [5.74, 6) is 2.71. The summed E-state index contributed by atoms with van der Waals surface area (Å²) in [4.78, 5) is 0. The molecule has 0 saturated heterocycles. The number of hydrogen-bond donors (Lipinski definition) is 0. The fraction of sp³-hybridized carbons (Fsp3) is 0.625. The molecule has 1 aromatic carbocycles. The third-order valence-corrected chi connectivity index (χ3v) is 4.96. The molecule has 0 bridgehead atoms. The van der Waals surface area contributed by atoms with Gasteiger partial charge in [-0.25, -0.2) is 0 Å². The van der Waals surface area contributed by atoms with Crippen molar-refractivity contribution in [3.05, 3.63) is 29.8 Å². The number of halogens is 1. The lowest BCUT2D eigenvalue weighted by atomic mass is 9.90. The molecule has 1 unspecified atom stereocenters. The minimum Gasteiger partial charge on any atom is -0.497 e. The average molecular weight is 311 g/mol. The second-order valence-corrected chi connectivity index (χ2v) is 6.11. The molecule has 0 aromatic heterocycles. The minimum absolute atomic E-state index is 0.779. The number of methoxy groups -OCH3 is 1. The van der Waals surface area contributed by atoms with E-state index in [2.05, 4.69) is 40.2 Å². The molecule has 0 spiro atoms. The maximum absolute atomic E-state index is 5.20. The molecule has 18 heavy (non-hydrogen) atoms. The second-order valence-electron chi connectivity index (χ2n) is 5.46. The number of benzene rings is 1. The first kappa shape index (κ1) is 13.9. The fourth-order valence-electron chi connectivity index (χ4n) is 3.01. The van der Waals surface area contributed by atoms with Crippen molar-refractivity contribution in [1.82, 2.24) is 0 Å². The molecule has 0 N–H and O–H groups in total. The minimum atomic E-state index is 0.779. The van der Waals surface area contributed by atoms with Gasteiger partial charge >= 0.3 is 0 Å². The van der Waals surface area contributed by atoms with Crippen LogP contribution in [0.1, 0.15) is 37.7 Å². The molecule has 1 aliphatic rings. The fourth-order valence-corrected chi connectivity index (χ4v) is 3.51. The zero-order valence-corrected chi connectivity index (χ0v) is 12.8. The van der Waals surface area contributed by atoms with Crippen LogP contribution in [0, 0.1) is 11.8 Å². The molecule has 1 saturated carbocycles. The molecule has 1 aliphatic carbocycles. The third kappa shape index (κ3) is 4.01. The van der Waals surface area contributed by atoms with Gasteiger partial charge in [-0.1, -0.05) is 53.7 Å². The lowest BCUT2D eigenvalue weighted by molar-refractivity contribution is 0.401. The molecule has 1 atom stereocenters. The van der Waals surface area contributed by atoms with Gasteiger partial charge in [0.05, 0.1) is 7.11 Å². The SMILES string of the molecule is COc1ccc(CC(CBr)CC2CCCC2)cc1. The van der Waals surface area contributed by atoms with Crippen LogP contribution in [0.2, 0.25) is 0 Å². The quantitative estimate of drug-likeness (QED) is 0.684. The van der Waals surface area contributed by atoms with Crippen molar-refractivity contribution >= 4 is 15.9 Å². The summed E-state index contributed by atoms with van der Waals surface area (Å²) in [5, 5.41) is 1.12. The van der Waals surface area contributed by atoms with Crippen molar-refractivity contribution in [1.29, 1.82) is 0 Å². The highest BCUT2D eigenvalue weighted by Gasteiger charge is 2.19. The van der Waals surface area contributed by atoms with Gasteiger partial charge < -0.3 is 4.74 Å². The molecule has 0 amide bonds. The Balaban J connectivity index is 1.87. The van der Waals surface area contributed by atoms with Crippen LogP contribution in [0.3, 0.4) is 0 Å². The Hall–Kier alpha value is -0.500. The van der Waals surface area contributed by atoms with Gasteiger partial charge in [0.15, 0.2) is 0 Å². The Labute approximate surface area is 119 Å². The van der Waals surface area contributed by atoms with Crippen molar-refractivity contribution in [2.24, 2.45) is 11.8 Å². The lowest BCUT2D eigenvalue weighted by Gasteiger charge is -2.18. The van der Waals surface area contributed by atoms with Crippen LogP contribution in [-0.4, -0.2) is 12.4 Å². The zero-order chi connectivity index (χ0) is 12.8. The van der Waals surface area contributed by atoms with Crippen molar-refractivity contribution in [3.63, 3.8) is 0 Å². The maximum atomic E-state index is 5.20. The van der Waals surface area contributed by atoms with E-state index in [4.69, 9.17) is 4.74 Å². The molecule has 1 nitrogen and oxygen atoms in total. The van der Waals surface area contributed by atoms with E-state index in [0.717, 1.165) is 22.9 Å². The highest BCUT2D eigenvalue weighted by molar-refractivity contribution is 9.09. The lowest BCUT2D eigenvalue weighted by Crippen LogP contribution is -2.11. The molecule has 100 valence electrons. The van der Waals surface area contributed by atoms with E-state index in [-0.39, 0.29) is 0 Å². The monoisotopic (exact) mass is 310 g/mol. The highest BCUT2D eigenvalue weighted by atomic mass is 79.9. The molecular formula is C16H23BrO. The molecule has 0 heterocycles. The van der Waals surface area contributed by atoms with Gasteiger partial charge in [0.25, 0.3) is 0 Å². The molecule has 0 aliphatic heterocycles. The van der Waals surface area contributed by atoms with E-state index in [0.29, 0.717) is 0 Å². The van der Waals surface area contributed by atoms with Crippen molar-refractivity contribution in [3.8, 4) is 5.75 Å². The number of hydrogen-bond acceptors (Lipinski definition) is 1. The Morgan fingerprint density at radius 3 is 2.44 bits per heavy atom. The third-order valence-electron chi connectivity index (χ3n) is 4.04. The zero-order valence-electron chi connectivity index (χ0n) is 11.2. The first-order valence-electron chi connectivity index (χ1n) is 7.00. The van der Waals surface area contributed by atoms with Gasteiger partial charge in [-0.15, -0.1) is 0 Å². The summed E-state index contributed by atoms with van der Waals surface area (Å²) in [6.45, 7) is 0. The first-order chi connectivity index (χ1) is 8.81. The Kier molecular flexibility index (Phi) is 5.55. The average Bonchev–Trinajstić information content (AvgIpc) is 2.91. The first-order valence-corrected chi connectivity index (χ1v) is 8.13. The Bertz CT molecular complexity index is 341. The van der Waals surface area contributed by atoms with E-state index in [1.54, 1.807) is 7.11 Å². The normalized spacial score (nSPS) is 17.9. The summed E-state index contributed by atoms with van der Waals surface area (Å²) in [5.41, 5.74) is 1.43. The summed E-state index contributed by atoms with van der Waals surface area (Å²) in [7, 11) is 1.72. The van der Waals surface area contributed by atoms with Gasteiger partial charge in [-0.2, -0.15) is 0 Å².